The van der Waals surface area contributed by atoms with Gasteiger partial charge in [0.25, 0.3) is 0 Å². The van der Waals surface area contributed by atoms with Crippen LogP contribution in [0.4, 0.5) is 10.1 Å². The third-order valence-electron chi connectivity index (χ3n) is 2.75. The van der Waals surface area contributed by atoms with Crippen molar-refractivity contribution in [1.82, 2.24) is 5.32 Å². The van der Waals surface area contributed by atoms with Gasteiger partial charge in [-0.3, -0.25) is 0 Å². The Bertz CT molecular complexity index is 371. The first kappa shape index (κ1) is 14.7. The van der Waals surface area contributed by atoms with E-state index in [1.54, 1.807) is 0 Å². The van der Waals surface area contributed by atoms with Crippen molar-refractivity contribution in [2.24, 2.45) is 0 Å². The molecule has 0 saturated carbocycles. The fourth-order valence-corrected chi connectivity index (χ4v) is 1.71. The number of hydrogen-bond acceptors (Lipinski definition) is 2. The molecule has 3 heteroatoms. The van der Waals surface area contributed by atoms with E-state index < -0.39 is 0 Å². The highest BCUT2D eigenvalue weighted by Gasteiger charge is 2.06. The summed E-state index contributed by atoms with van der Waals surface area (Å²) in [4.78, 5) is 2.18. The summed E-state index contributed by atoms with van der Waals surface area (Å²) in [5.74, 6) is -0.199. The lowest BCUT2D eigenvalue weighted by molar-refractivity contribution is 0.615. The van der Waals surface area contributed by atoms with Crippen LogP contribution >= 0.6 is 0 Å². The predicted octanol–water partition coefficient (Wildman–Crippen LogP) is 3.21. The van der Waals surface area contributed by atoms with Crippen molar-refractivity contribution in [3.05, 3.63) is 42.2 Å². The predicted molar refractivity (Wildman–Crippen MR) is 76.6 cm³/mol. The van der Waals surface area contributed by atoms with Crippen LogP contribution in [0.15, 0.2) is 36.4 Å². The molecule has 0 aliphatic carbocycles. The zero-order chi connectivity index (χ0) is 13.5. The summed E-state index contributed by atoms with van der Waals surface area (Å²) in [6.45, 7) is 12.9. The van der Waals surface area contributed by atoms with E-state index in [0.29, 0.717) is 6.04 Å². The Labute approximate surface area is 110 Å². The monoisotopic (exact) mass is 250 g/mol. The summed E-state index contributed by atoms with van der Waals surface area (Å²) in [6.07, 6.45) is 0. The van der Waals surface area contributed by atoms with E-state index in [0.717, 1.165) is 30.9 Å². The van der Waals surface area contributed by atoms with Gasteiger partial charge in [-0.2, -0.15) is 0 Å². The fraction of sp³-hybridized carbons (Fsp3) is 0.467. The molecular weight excluding hydrogens is 227 g/mol. The van der Waals surface area contributed by atoms with Gasteiger partial charge in [0.15, 0.2) is 0 Å². The van der Waals surface area contributed by atoms with Gasteiger partial charge in [-0.1, -0.05) is 20.4 Å². The van der Waals surface area contributed by atoms with Gasteiger partial charge in [0.2, 0.25) is 0 Å². The van der Waals surface area contributed by atoms with Gasteiger partial charge in [0.1, 0.15) is 5.82 Å². The van der Waals surface area contributed by atoms with Crippen LogP contribution in [0, 0.1) is 5.82 Å². The summed E-state index contributed by atoms with van der Waals surface area (Å²) in [6, 6.07) is 7.06. The molecule has 0 aliphatic rings. The number of rotatable bonds is 7. The van der Waals surface area contributed by atoms with Crippen molar-refractivity contribution in [3.63, 3.8) is 0 Å². The van der Waals surface area contributed by atoms with Crippen molar-refractivity contribution in [2.75, 3.05) is 24.5 Å². The van der Waals surface area contributed by atoms with Gasteiger partial charge < -0.3 is 10.2 Å². The van der Waals surface area contributed by atoms with E-state index in [4.69, 9.17) is 0 Å². The van der Waals surface area contributed by atoms with Crippen LogP contribution in [0.3, 0.4) is 0 Å². The molecule has 2 nitrogen and oxygen atoms in total. The quantitative estimate of drug-likeness (QED) is 0.748. The van der Waals surface area contributed by atoms with Crippen molar-refractivity contribution in [3.8, 4) is 0 Å². The van der Waals surface area contributed by atoms with Crippen molar-refractivity contribution < 1.29 is 4.39 Å². The highest BCUT2D eigenvalue weighted by atomic mass is 19.1. The Balaban J connectivity index is 2.56. The largest absolute Gasteiger partial charge is 0.368 e. The summed E-state index contributed by atoms with van der Waals surface area (Å²) in [7, 11) is 0. The molecule has 1 aromatic rings. The van der Waals surface area contributed by atoms with Gasteiger partial charge >= 0.3 is 0 Å². The number of nitrogens with one attached hydrogen (secondary N) is 1. The number of likely N-dealkylation sites (N-methyl/N-ethyl adjacent to an activating group) is 1. The Hall–Kier alpha value is -1.35. The molecule has 100 valence electrons. The van der Waals surface area contributed by atoms with Gasteiger partial charge in [0, 0.05) is 31.4 Å². The van der Waals surface area contributed by atoms with E-state index >= 15 is 0 Å². The Morgan fingerprint density at radius 2 is 1.94 bits per heavy atom. The molecule has 0 radical (unpaired) electrons. The van der Waals surface area contributed by atoms with Gasteiger partial charge in [-0.05, 0) is 36.8 Å². The SMILES string of the molecule is C=C(CNC(C)C)CN(CC)c1ccc(F)cc1. The lowest BCUT2D eigenvalue weighted by atomic mass is 10.2. The molecule has 0 saturated heterocycles. The van der Waals surface area contributed by atoms with E-state index in [-0.39, 0.29) is 5.82 Å². The van der Waals surface area contributed by atoms with Crippen LogP contribution in [0.1, 0.15) is 20.8 Å². The normalized spacial score (nSPS) is 10.7. The van der Waals surface area contributed by atoms with E-state index in [2.05, 4.69) is 37.6 Å². The summed E-state index contributed by atoms with van der Waals surface area (Å²) in [5, 5.41) is 3.35. The number of anilines is 1. The lowest BCUT2D eigenvalue weighted by Crippen LogP contribution is -2.31. The average molecular weight is 250 g/mol. The maximum absolute atomic E-state index is 12.9. The summed E-state index contributed by atoms with van der Waals surface area (Å²) < 4.78 is 12.9. The molecule has 1 aromatic carbocycles. The van der Waals surface area contributed by atoms with E-state index in [1.807, 2.05) is 12.1 Å². The van der Waals surface area contributed by atoms with Crippen LogP contribution in [-0.2, 0) is 0 Å². The first-order valence-corrected chi connectivity index (χ1v) is 6.43. The van der Waals surface area contributed by atoms with Crippen LogP contribution in [-0.4, -0.2) is 25.7 Å². The standard InChI is InChI=1S/C15H23FN2/c1-5-18(11-13(4)10-17-12(2)3)15-8-6-14(16)7-9-15/h6-9,12,17H,4-5,10-11H2,1-3H3. The molecule has 1 rings (SSSR count). The lowest BCUT2D eigenvalue weighted by Gasteiger charge is -2.24. The highest BCUT2D eigenvalue weighted by molar-refractivity contribution is 5.47. The average Bonchev–Trinajstić information content (AvgIpc) is 2.34. The number of halogens is 1. The molecular formula is C15H23FN2. The molecule has 0 spiro atoms. The van der Waals surface area contributed by atoms with Gasteiger partial charge in [-0.25, -0.2) is 4.39 Å². The zero-order valence-corrected chi connectivity index (χ0v) is 11.5. The van der Waals surface area contributed by atoms with Crippen LogP contribution in [0.2, 0.25) is 0 Å². The maximum Gasteiger partial charge on any atom is 0.123 e. The molecule has 18 heavy (non-hydrogen) atoms. The second-order valence-corrected chi connectivity index (χ2v) is 4.78. The number of nitrogens with zero attached hydrogens (tertiary/aromatic N) is 1. The van der Waals surface area contributed by atoms with Crippen LogP contribution < -0.4 is 10.2 Å². The molecule has 0 aromatic heterocycles. The molecule has 0 atom stereocenters. The Morgan fingerprint density at radius 1 is 1.33 bits per heavy atom. The Morgan fingerprint density at radius 3 is 2.44 bits per heavy atom. The van der Waals surface area contributed by atoms with Gasteiger partial charge in [0.05, 0.1) is 0 Å². The molecule has 0 bridgehead atoms. The molecule has 0 unspecified atom stereocenters. The van der Waals surface area contributed by atoms with Crippen molar-refractivity contribution in [2.45, 2.75) is 26.8 Å². The number of hydrogen-bond donors (Lipinski definition) is 1. The minimum Gasteiger partial charge on any atom is -0.368 e. The van der Waals surface area contributed by atoms with E-state index in [1.165, 1.54) is 12.1 Å². The topological polar surface area (TPSA) is 15.3 Å². The molecule has 1 N–H and O–H groups in total. The first-order valence-electron chi connectivity index (χ1n) is 6.43. The second kappa shape index (κ2) is 7.17. The van der Waals surface area contributed by atoms with Crippen molar-refractivity contribution >= 4 is 5.69 Å². The zero-order valence-electron chi connectivity index (χ0n) is 11.5. The maximum atomic E-state index is 12.9. The first-order chi connectivity index (χ1) is 8.52. The third-order valence-corrected chi connectivity index (χ3v) is 2.75. The smallest absolute Gasteiger partial charge is 0.123 e. The third kappa shape index (κ3) is 4.88. The van der Waals surface area contributed by atoms with E-state index in [9.17, 15) is 4.39 Å². The molecule has 0 amide bonds. The molecule has 0 aliphatic heterocycles. The van der Waals surface area contributed by atoms with Gasteiger partial charge in [-0.15, -0.1) is 0 Å². The second-order valence-electron chi connectivity index (χ2n) is 4.78. The minimum atomic E-state index is -0.199. The van der Waals surface area contributed by atoms with Crippen LogP contribution in [0.5, 0.6) is 0 Å². The minimum absolute atomic E-state index is 0.199. The van der Waals surface area contributed by atoms with Crippen molar-refractivity contribution in [1.29, 1.82) is 0 Å². The summed E-state index contributed by atoms with van der Waals surface area (Å²) in [5.41, 5.74) is 2.17. The van der Waals surface area contributed by atoms with Crippen LogP contribution in [0.25, 0.3) is 0 Å². The number of benzene rings is 1. The molecule has 0 fully saturated rings. The fourth-order valence-electron chi connectivity index (χ4n) is 1.71. The molecule has 0 heterocycles. The highest BCUT2D eigenvalue weighted by Crippen LogP contribution is 2.15. The summed E-state index contributed by atoms with van der Waals surface area (Å²) >= 11 is 0. The Kier molecular flexibility index (Phi) is 5.86.